The molecule has 2 aromatic carbocycles. The first-order valence-electron chi connectivity index (χ1n) is 9.97. The lowest BCUT2D eigenvalue weighted by Gasteiger charge is -2.20. The number of halogens is 1. The molecule has 0 heterocycles. The average molecular weight is 443 g/mol. The van der Waals surface area contributed by atoms with E-state index in [2.05, 4.69) is 16.0 Å². The first kappa shape index (κ1) is 24.5. The van der Waals surface area contributed by atoms with Crippen LogP contribution >= 0.6 is 0 Å². The molecule has 0 aliphatic carbocycles. The number of aldehydes is 1. The lowest BCUT2D eigenvalue weighted by molar-refractivity contribution is -0.122. The van der Waals surface area contributed by atoms with Crippen molar-refractivity contribution >= 4 is 35.6 Å². The molecule has 0 aliphatic heterocycles. The third-order valence-corrected chi connectivity index (χ3v) is 4.06. The van der Waals surface area contributed by atoms with Crippen molar-refractivity contribution in [3.05, 3.63) is 59.4 Å². The zero-order valence-electron chi connectivity index (χ0n) is 18.2. The molecule has 0 aliphatic rings. The second-order valence-electron chi connectivity index (χ2n) is 7.95. The van der Waals surface area contributed by atoms with Gasteiger partial charge in [0.05, 0.1) is 11.4 Å². The van der Waals surface area contributed by atoms with Crippen LogP contribution in [0.2, 0.25) is 0 Å². The largest absolute Gasteiger partial charge is 0.444 e. The summed E-state index contributed by atoms with van der Waals surface area (Å²) in [6.07, 6.45) is 0.196. The Labute approximate surface area is 185 Å². The van der Waals surface area contributed by atoms with Crippen molar-refractivity contribution in [1.82, 2.24) is 5.32 Å². The van der Waals surface area contributed by atoms with Gasteiger partial charge in [-0.3, -0.25) is 14.9 Å². The Bertz CT molecular complexity index is 984. The summed E-state index contributed by atoms with van der Waals surface area (Å²) < 4.78 is 18.9. The number of hydrogen-bond donors (Lipinski definition) is 3. The molecule has 32 heavy (non-hydrogen) atoms. The van der Waals surface area contributed by atoms with E-state index >= 15 is 0 Å². The van der Waals surface area contributed by atoms with Gasteiger partial charge < -0.3 is 20.2 Å². The van der Waals surface area contributed by atoms with Gasteiger partial charge in [-0.05, 0) is 56.7 Å². The summed E-state index contributed by atoms with van der Waals surface area (Å²) >= 11 is 0. The standard InChI is InChI=1S/C23H26FN3O5/c1-23(2,3)32-22(31)27-19-13-17(24)10-11-18(19)26-21(30)16-8-6-15(7-9-16)14-25-20(29)5-4-12-28/h6-13H,4-5,14H2,1-3H3,(H,25,29)(H,26,30)(H,27,31). The van der Waals surface area contributed by atoms with E-state index < -0.39 is 23.4 Å². The highest BCUT2D eigenvalue weighted by molar-refractivity contribution is 6.06. The van der Waals surface area contributed by atoms with E-state index in [9.17, 15) is 23.6 Å². The van der Waals surface area contributed by atoms with Crippen LogP contribution in [0.15, 0.2) is 42.5 Å². The molecule has 0 radical (unpaired) electrons. The molecule has 0 saturated carbocycles. The molecule has 0 saturated heterocycles. The topological polar surface area (TPSA) is 114 Å². The molecule has 0 atom stereocenters. The molecule has 8 nitrogen and oxygen atoms in total. The van der Waals surface area contributed by atoms with Crippen molar-refractivity contribution in [2.75, 3.05) is 10.6 Å². The van der Waals surface area contributed by atoms with Crippen LogP contribution in [-0.2, 0) is 20.9 Å². The van der Waals surface area contributed by atoms with E-state index in [1.807, 2.05) is 0 Å². The molecular formula is C23H26FN3O5. The maximum atomic E-state index is 13.7. The predicted octanol–water partition coefficient (Wildman–Crippen LogP) is 4.02. The highest BCUT2D eigenvalue weighted by Gasteiger charge is 2.18. The van der Waals surface area contributed by atoms with Gasteiger partial charge in [-0.2, -0.15) is 0 Å². The lowest BCUT2D eigenvalue weighted by Crippen LogP contribution is -2.27. The summed E-state index contributed by atoms with van der Waals surface area (Å²) in [6, 6.07) is 10.1. The third-order valence-electron chi connectivity index (χ3n) is 4.06. The first-order valence-corrected chi connectivity index (χ1v) is 9.97. The lowest BCUT2D eigenvalue weighted by atomic mass is 10.1. The number of carbonyl (C=O) groups is 4. The summed E-state index contributed by atoms with van der Waals surface area (Å²) in [5.74, 6) is -1.29. The Morgan fingerprint density at radius 2 is 1.69 bits per heavy atom. The molecule has 0 fully saturated rings. The van der Waals surface area contributed by atoms with Gasteiger partial charge in [-0.1, -0.05) is 12.1 Å². The zero-order chi connectivity index (χ0) is 23.7. The predicted molar refractivity (Wildman–Crippen MR) is 118 cm³/mol. The summed E-state index contributed by atoms with van der Waals surface area (Å²) in [5.41, 5.74) is 0.621. The highest BCUT2D eigenvalue weighted by Crippen LogP contribution is 2.24. The summed E-state index contributed by atoms with van der Waals surface area (Å²) in [6.45, 7) is 5.35. The molecule has 2 aromatic rings. The average Bonchev–Trinajstić information content (AvgIpc) is 2.71. The van der Waals surface area contributed by atoms with E-state index in [-0.39, 0.29) is 36.7 Å². The SMILES string of the molecule is CC(C)(C)OC(=O)Nc1cc(F)ccc1NC(=O)c1ccc(CNC(=O)CCC=O)cc1. The van der Waals surface area contributed by atoms with Gasteiger partial charge in [0.1, 0.15) is 17.7 Å². The van der Waals surface area contributed by atoms with E-state index in [0.29, 0.717) is 11.8 Å². The molecule has 0 unspecified atom stereocenters. The smallest absolute Gasteiger partial charge is 0.412 e. The number of nitrogens with one attached hydrogen (secondary N) is 3. The Kier molecular flexibility index (Phi) is 8.46. The minimum Gasteiger partial charge on any atom is -0.444 e. The van der Waals surface area contributed by atoms with Crippen molar-refractivity contribution < 1.29 is 28.3 Å². The Balaban J connectivity index is 2.03. The van der Waals surface area contributed by atoms with Crippen LogP contribution in [0.5, 0.6) is 0 Å². The summed E-state index contributed by atoms with van der Waals surface area (Å²) in [4.78, 5) is 46.5. The molecule has 0 aromatic heterocycles. The first-order chi connectivity index (χ1) is 15.1. The second kappa shape index (κ2) is 11.0. The Morgan fingerprint density at radius 3 is 2.31 bits per heavy atom. The van der Waals surface area contributed by atoms with E-state index in [0.717, 1.165) is 17.7 Å². The molecule has 3 N–H and O–H groups in total. The number of anilines is 2. The maximum Gasteiger partial charge on any atom is 0.412 e. The molecular weight excluding hydrogens is 417 g/mol. The molecule has 2 rings (SSSR count). The quantitative estimate of drug-likeness (QED) is 0.533. The summed E-state index contributed by atoms with van der Waals surface area (Å²) in [5, 5.41) is 7.76. The Hall–Kier alpha value is -3.75. The Morgan fingerprint density at radius 1 is 1.00 bits per heavy atom. The number of hydrogen-bond acceptors (Lipinski definition) is 5. The molecule has 0 bridgehead atoms. The number of rotatable bonds is 8. The monoisotopic (exact) mass is 443 g/mol. The summed E-state index contributed by atoms with van der Waals surface area (Å²) in [7, 11) is 0. The van der Waals surface area contributed by atoms with Crippen molar-refractivity contribution in [2.45, 2.75) is 45.8 Å². The fourth-order valence-corrected chi connectivity index (χ4v) is 2.59. The minimum atomic E-state index is -0.779. The van der Waals surface area contributed by atoms with Gasteiger partial charge >= 0.3 is 6.09 Å². The van der Waals surface area contributed by atoms with Crippen LogP contribution in [0.3, 0.4) is 0 Å². The number of benzene rings is 2. The van der Waals surface area contributed by atoms with Crippen LogP contribution in [0, 0.1) is 5.82 Å². The van der Waals surface area contributed by atoms with Crippen LogP contribution in [0.25, 0.3) is 0 Å². The zero-order valence-corrected chi connectivity index (χ0v) is 18.2. The van der Waals surface area contributed by atoms with Gasteiger partial charge in [0.2, 0.25) is 5.91 Å². The van der Waals surface area contributed by atoms with Gasteiger partial charge in [-0.25, -0.2) is 9.18 Å². The van der Waals surface area contributed by atoms with Crippen LogP contribution in [0.4, 0.5) is 20.6 Å². The van der Waals surface area contributed by atoms with Crippen molar-refractivity contribution in [2.24, 2.45) is 0 Å². The van der Waals surface area contributed by atoms with Gasteiger partial charge in [-0.15, -0.1) is 0 Å². The van der Waals surface area contributed by atoms with Crippen LogP contribution < -0.4 is 16.0 Å². The van der Waals surface area contributed by atoms with Crippen LogP contribution in [0.1, 0.15) is 49.5 Å². The van der Waals surface area contributed by atoms with Gasteiger partial charge in [0, 0.05) is 24.9 Å². The van der Waals surface area contributed by atoms with Gasteiger partial charge in [0.15, 0.2) is 0 Å². The third kappa shape index (κ3) is 8.17. The van der Waals surface area contributed by atoms with E-state index in [1.54, 1.807) is 45.0 Å². The maximum absolute atomic E-state index is 13.7. The van der Waals surface area contributed by atoms with Crippen LogP contribution in [-0.4, -0.2) is 29.8 Å². The second-order valence-corrected chi connectivity index (χ2v) is 7.95. The normalized spacial score (nSPS) is 10.8. The number of ether oxygens (including phenoxy) is 1. The van der Waals surface area contributed by atoms with Crippen molar-refractivity contribution in [3.63, 3.8) is 0 Å². The fourth-order valence-electron chi connectivity index (χ4n) is 2.59. The van der Waals surface area contributed by atoms with Gasteiger partial charge in [0.25, 0.3) is 5.91 Å². The van der Waals surface area contributed by atoms with E-state index in [1.165, 1.54) is 6.07 Å². The van der Waals surface area contributed by atoms with E-state index in [4.69, 9.17) is 4.74 Å². The van der Waals surface area contributed by atoms with Crippen molar-refractivity contribution in [3.8, 4) is 0 Å². The molecule has 9 heteroatoms. The molecule has 3 amide bonds. The molecule has 0 spiro atoms. The molecule has 170 valence electrons. The highest BCUT2D eigenvalue weighted by atomic mass is 19.1. The minimum absolute atomic E-state index is 0.0576. The van der Waals surface area contributed by atoms with Crippen molar-refractivity contribution in [1.29, 1.82) is 0 Å². The number of carbonyl (C=O) groups excluding carboxylic acids is 4. The number of amides is 3. The fraction of sp³-hybridized carbons (Fsp3) is 0.304.